The lowest BCUT2D eigenvalue weighted by atomic mass is 9.84. The Bertz CT molecular complexity index is 2750. The van der Waals surface area contributed by atoms with Crippen molar-refractivity contribution in [3.63, 3.8) is 0 Å². The number of aliphatic hydroxyl groups is 1. The van der Waals surface area contributed by atoms with Crippen molar-refractivity contribution in [2.45, 2.75) is 74.3 Å². The lowest BCUT2D eigenvalue weighted by Gasteiger charge is -2.45. The summed E-state index contributed by atoms with van der Waals surface area (Å²) in [6.07, 6.45) is -1.66. The number of carbonyl (C=O) groups excluding carboxylic acids is 3. The van der Waals surface area contributed by atoms with Crippen molar-refractivity contribution in [3.05, 3.63) is 208 Å². The van der Waals surface area contributed by atoms with Gasteiger partial charge in [-0.15, -0.1) is 23.1 Å². The molecule has 2 heterocycles. The molecule has 0 saturated carbocycles. The highest BCUT2D eigenvalue weighted by atomic mass is 32.2. The van der Waals surface area contributed by atoms with Gasteiger partial charge in [0.05, 0.1) is 26.9 Å². The number of alkyl carbamates (subject to hydrolysis) is 1. The number of aromatic nitrogens is 1. The number of fused-ring (bicyclic) bond motifs is 3. The van der Waals surface area contributed by atoms with E-state index in [1.807, 2.05) is 124 Å². The first-order valence-electron chi connectivity index (χ1n) is 22.7. The first kappa shape index (κ1) is 45.6. The van der Waals surface area contributed by atoms with Crippen LogP contribution in [0.2, 0.25) is 0 Å². The molecule has 9 rings (SSSR count). The van der Waals surface area contributed by atoms with Gasteiger partial charge in [0.15, 0.2) is 0 Å². The van der Waals surface area contributed by atoms with Gasteiger partial charge in [-0.2, -0.15) is 0 Å². The maximum atomic E-state index is 15.5. The van der Waals surface area contributed by atoms with Gasteiger partial charge in [-0.25, -0.2) is 9.78 Å². The summed E-state index contributed by atoms with van der Waals surface area (Å²) >= 11 is 3.14. The van der Waals surface area contributed by atoms with E-state index in [1.54, 1.807) is 23.1 Å². The largest absolute Gasteiger partial charge is 0.449 e. The number of carbonyl (C=O) groups is 3. The van der Waals surface area contributed by atoms with Gasteiger partial charge in [0.1, 0.15) is 18.7 Å². The molecule has 3 atom stereocenters. The van der Waals surface area contributed by atoms with Gasteiger partial charge in [-0.05, 0) is 83.3 Å². The number of aliphatic hydroxyl groups excluding tert-OH is 1. The van der Waals surface area contributed by atoms with E-state index in [4.69, 9.17) is 4.74 Å². The van der Waals surface area contributed by atoms with Crippen LogP contribution in [0.4, 0.5) is 4.79 Å². The Morgan fingerprint density at radius 1 is 0.791 bits per heavy atom. The fraction of sp³-hybridized carbons (Fsp3) is 0.250. The van der Waals surface area contributed by atoms with Crippen LogP contribution in [0.25, 0.3) is 21.6 Å². The second-order valence-electron chi connectivity index (χ2n) is 17.9. The molecule has 11 heteroatoms. The zero-order valence-electron chi connectivity index (χ0n) is 38.0. The Labute approximate surface area is 400 Å². The Morgan fingerprint density at radius 3 is 1.88 bits per heavy atom. The van der Waals surface area contributed by atoms with E-state index in [9.17, 15) is 14.7 Å². The van der Waals surface area contributed by atoms with E-state index in [0.717, 1.165) is 66.2 Å². The molecule has 9 nitrogen and oxygen atoms in total. The first-order valence-corrected chi connectivity index (χ1v) is 24.4. The minimum atomic E-state index is -1.23. The molecule has 0 bridgehead atoms. The summed E-state index contributed by atoms with van der Waals surface area (Å²) in [6.45, 7) is 8.11. The number of amides is 3. The molecular weight excluding hydrogens is 873 g/mol. The fourth-order valence-corrected chi connectivity index (χ4v) is 12.5. The van der Waals surface area contributed by atoms with Gasteiger partial charge in [-0.1, -0.05) is 158 Å². The smallest absolute Gasteiger partial charge is 0.407 e. The molecule has 1 aliphatic heterocycles. The third kappa shape index (κ3) is 9.16. The molecule has 2 aliphatic rings. The highest BCUT2D eigenvalue weighted by Crippen LogP contribution is 2.54. The number of hydrogen-bond acceptors (Lipinski definition) is 8. The fourth-order valence-electron chi connectivity index (χ4n) is 9.83. The number of hydrogen-bond donors (Lipinski definition) is 3. The molecule has 1 fully saturated rings. The predicted octanol–water partition coefficient (Wildman–Crippen LogP) is 10.4. The van der Waals surface area contributed by atoms with Crippen LogP contribution in [-0.2, 0) is 25.6 Å². The molecule has 67 heavy (non-hydrogen) atoms. The molecular formula is C56H54N4O5S2. The van der Waals surface area contributed by atoms with Crippen molar-refractivity contribution < 1.29 is 24.2 Å². The molecule has 0 unspecified atom stereocenters. The van der Waals surface area contributed by atoms with Crippen molar-refractivity contribution in [1.29, 1.82) is 0 Å². The molecule has 3 amide bonds. The van der Waals surface area contributed by atoms with E-state index in [-0.39, 0.29) is 37.9 Å². The summed E-state index contributed by atoms with van der Waals surface area (Å²) in [5.41, 5.74) is 13.1. The van der Waals surface area contributed by atoms with Crippen LogP contribution < -0.4 is 10.6 Å². The molecule has 1 aromatic heterocycles. The monoisotopic (exact) mass is 926 g/mol. The molecule has 6 aromatic carbocycles. The van der Waals surface area contributed by atoms with Crippen molar-refractivity contribution in [2.75, 3.05) is 13.2 Å². The number of thiazole rings is 1. The van der Waals surface area contributed by atoms with Gasteiger partial charge in [0, 0.05) is 30.2 Å². The van der Waals surface area contributed by atoms with Crippen LogP contribution in [0.3, 0.4) is 0 Å². The lowest BCUT2D eigenvalue weighted by molar-refractivity contribution is -0.140. The third-order valence-corrected chi connectivity index (χ3v) is 15.9. The van der Waals surface area contributed by atoms with Crippen LogP contribution in [-0.4, -0.2) is 69.0 Å². The number of benzene rings is 6. The third-order valence-electron chi connectivity index (χ3n) is 13.2. The van der Waals surface area contributed by atoms with E-state index in [2.05, 4.69) is 82.3 Å². The molecule has 0 radical (unpaired) electrons. The zero-order chi connectivity index (χ0) is 46.7. The van der Waals surface area contributed by atoms with Crippen LogP contribution in [0.15, 0.2) is 163 Å². The summed E-state index contributed by atoms with van der Waals surface area (Å²) in [7, 11) is 0. The molecule has 7 aromatic rings. The first-order chi connectivity index (χ1) is 32.4. The second kappa shape index (κ2) is 19.4. The second-order valence-corrected chi connectivity index (χ2v) is 20.6. The molecule has 1 saturated heterocycles. The number of nitrogens with zero attached hydrogens (tertiary/aromatic N) is 2. The Hall–Kier alpha value is -6.53. The van der Waals surface area contributed by atoms with Crippen LogP contribution >= 0.6 is 23.1 Å². The van der Waals surface area contributed by atoms with Crippen molar-refractivity contribution >= 4 is 41.0 Å². The summed E-state index contributed by atoms with van der Waals surface area (Å²) < 4.78 is 4.17. The van der Waals surface area contributed by atoms with Gasteiger partial charge in [-0.3, -0.25) is 9.59 Å². The number of ether oxygens (including phenoxy) is 1. The van der Waals surface area contributed by atoms with Gasteiger partial charge in [0.2, 0.25) is 11.8 Å². The number of β-amino-alcohol motifs (C(OH)–C–C–N with tert-alkyl or cyclic N) is 1. The molecule has 1 aliphatic carbocycles. The standard InChI is InChI=1S/C56H54N4O5S2/c1-36-30-38(50-37(2)58-35-66-50)28-29-39(36)32-57-52(62)49-31-43(61)33-60(49)53(63)51(59-54(64)65-34-48-46-26-16-14-24-44(46)45-25-15-17-27-47(45)48)55(3,4)67-56(40-18-8-5-9-19-40,41-20-10-6-11-21-41)42-22-12-7-13-23-42/h5-30,35,43,48-49,51,61H,31-34H2,1-4H3,(H,57,62)(H,59,64)/t43-,49+,51-/m1/s1. The Balaban J connectivity index is 1.04. The summed E-state index contributed by atoms with van der Waals surface area (Å²) in [4.78, 5) is 51.2. The minimum absolute atomic E-state index is 0.0490. The SMILES string of the molecule is Cc1cc(-c2scnc2C)ccc1CNC(=O)[C@@H]1C[C@@H](O)CN1C(=O)[C@@H](NC(=O)OCC1c2ccccc2-c2ccccc21)C(C)(C)SC(c1ccccc1)(c1ccccc1)c1ccccc1. The van der Waals surface area contributed by atoms with Crippen LogP contribution in [0.5, 0.6) is 0 Å². The number of likely N-dealkylation sites (tertiary alicyclic amines) is 1. The lowest BCUT2D eigenvalue weighted by Crippen LogP contribution is -2.60. The number of aryl methyl sites for hydroxylation is 2. The van der Waals surface area contributed by atoms with Gasteiger partial charge in [0.25, 0.3) is 0 Å². The Morgan fingerprint density at radius 2 is 1.34 bits per heavy atom. The number of nitrogens with one attached hydrogen (secondary N) is 2. The molecule has 3 N–H and O–H groups in total. The van der Waals surface area contributed by atoms with Gasteiger partial charge < -0.3 is 25.4 Å². The quantitative estimate of drug-likeness (QED) is 0.0929. The van der Waals surface area contributed by atoms with E-state index in [1.165, 1.54) is 4.90 Å². The molecule has 340 valence electrons. The van der Waals surface area contributed by atoms with Crippen molar-refractivity contribution in [1.82, 2.24) is 20.5 Å². The average molecular weight is 927 g/mol. The van der Waals surface area contributed by atoms with E-state index >= 15 is 4.79 Å². The van der Waals surface area contributed by atoms with E-state index in [0.29, 0.717) is 0 Å². The predicted molar refractivity (Wildman–Crippen MR) is 268 cm³/mol. The highest BCUT2D eigenvalue weighted by Gasteiger charge is 2.51. The summed E-state index contributed by atoms with van der Waals surface area (Å²) in [5, 5.41) is 17.3. The number of rotatable bonds is 14. The van der Waals surface area contributed by atoms with Crippen LogP contribution in [0.1, 0.15) is 70.8 Å². The van der Waals surface area contributed by atoms with E-state index < -0.39 is 39.7 Å². The average Bonchev–Trinajstić information content (AvgIpc) is 4.06. The summed E-state index contributed by atoms with van der Waals surface area (Å²) in [6, 6.07) is 50.7. The highest BCUT2D eigenvalue weighted by molar-refractivity contribution is 8.02. The van der Waals surface area contributed by atoms with Crippen molar-refractivity contribution in [3.8, 4) is 21.6 Å². The minimum Gasteiger partial charge on any atom is -0.449 e. The normalized spacial score (nSPS) is 16.2. The zero-order valence-corrected chi connectivity index (χ0v) is 39.7. The topological polar surface area (TPSA) is 121 Å². The maximum absolute atomic E-state index is 15.5. The maximum Gasteiger partial charge on any atom is 0.407 e. The molecule has 0 spiro atoms. The van der Waals surface area contributed by atoms with Crippen molar-refractivity contribution in [2.24, 2.45) is 0 Å². The van der Waals surface area contributed by atoms with Gasteiger partial charge >= 0.3 is 6.09 Å². The Kier molecular flexibility index (Phi) is 13.2. The number of thioether (sulfide) groups is 1. The van der Waals surface area contributed by atoms with Crippen LogP contribution in [0, 0.1) is 13.8 Å². The summed E-state index contributed by atoms with van der Waals surface area (Å²) in [5.74, 6) is -1.08.